The summed E-state index contributed by atoms with van der Waals surface area (Å²) in [4.78, 5) is 13.4. The first-order valence-corrected chi connectivity index (χ1v) is 10.7. The Labute approximate surface area is 193 Å². The van der Waals surface area contributed by atoms with Gasteiger partial charge in [0, 0.05) is 5.56 Å². The van der Waals surface area contributed by atoms with E-state index in [1.165, 1.54) is 24.3 Å². The standard InChI is InChI=1S/C23H24O11/c24-7-17-19(30)20(31)22-23(33-17)32-16-6-10(18(29)8-1-2-12(25)13(26)3-8)9-4-14(27)15(28)5-11(9)21(16)34-22/h1-5,10,16-17,19-28,30-31H,6-7H2/t10-,16-,17-,19-,20+,21+,22-,23-/m1/s1. The van der Waals surface area contributed by atoms with Gasteiger partial charge in [-0.05, 0) is 47.9 Å². The van der Waals surface area contributed by atoms with Crippen molar-refractivity contribution in [2.45, 2.75) is 55.3 Å². The molecule has 182 valence electrons. The SMILES string of the molecule is O=C(c1ccc(O)c(O)c1)[C@@H]1C[C@H]2O[C@@H]3O[C@H](CO)[C@@H](O)[C@H](O)[C@H]3O[C@H]2c2cc(O)c(O)cc21. The molecular formula is C23H24O11. The lowest BCUT2D eigenvalue weighted by Crippen LogP contribution is -2.64. The van der Waals surface area contributed by atoms with Crippen molar-refractivity contribution in [3.05, 3.63) is 47.0 Å². The summed E-state index contributed by atoms with van der Waals surface area (Å²) >= 11 is 0. The monoisotopic (exact) mass is 476 g/mol. The molecule has 2 saturated heterocycles. The van der Waals surface area contributed by atoms with Gasteiger partial charge in [-0.3, -0.25) is 4.79 Å². The van der Waals surface area contributed by atoms with Crippen molar-refractivity contribution in [2.75, 3.05) is 6.61 Å². The van der Waals surface area contributed by atoms with Crippen LogP contribution in [0.25, 0.3) is 0 Å². The zero-order valence-corrected chi connectivity index (χ0v) is 17.7. The minimum absolute atomic E-state index is 0.0668. The zero-order chi connectivity index (χ0) is 24.3. The van der Waals surface area contributed by atoms with Crippen molar-refractivity contribution in [2.24, 2.45) is 0 Å². The van der Waals surface area contributed by atoms with Crippen LogP contribution in [0.5, 0.6) is 23.0 Å². The third-order valence-electron chi connectivity index (χ3n) is 6.68. The second-order valence-electron chi connectivity index (χ2n) is 8.73. The van der Waals surface area contributed by atoms with Crippen molar-refractivity contribution in [1.82, 2.24) is 0 Å². The lowest BCUT2D eigenvalue weighted by atomic mass is 9.75. The number of hydrogen-bond donors (Lipinski definition) is 7. The van der Waals surface area contributed by atoms with Gasteiger partial charge in [0.1, 0.15) is 30.5 Å². The van der Waals surface area contributed by atoms with Crippen LogP contribution in [-0.2, 0) is 14.2 Å². The number of benzene rings is 2. The molecule has 3 aliphatic rings. The molecule has 2 heterocycles. The van der Waals surface area contributed by atoms with Crippen LogP contribution in [-0.4, -0.2) is 84.9 Å². The first kappa shape index (κ1) is 22.8. The fourth-order valence-electron chi connectivity index (χ4n) is 4.91. The lowest BCUT2D eigenvalue weighted by Gasteiger charge is -2.51. The Balaban J connectivity index is 1.53. The topological polar surface area (TPSA) is 186 Å². The van der Waals surface area contributed by atoms with Crippen LogP contribution < -0.4 is 0 Å². The summed E-state index contributed by atoms with van der Waals surface area (Å²) in [6, 6.07) is 6.18. The lowest BCUT2D eigenvalue weighted by molar-refractivity contribution is -0.370. The number of aliphatic hydroxyl groups excluding tert-OH is 3. The molecular weight excluding hydrogens is 452 g/mol. The molecule has 5 rings (SSSR count). The van der Waals surface area contributed by atoms with E-state index in [1.54, 1.807) is 0 Å². The summed E-state index contributed by atoms with van der Waals surface area (Å²) in [6.07, 6.45) is -7.75. The van der Waals surface area contributed by atoms with Gasteiger partial charge in [-0.15, -0.1) is 0 Å². The van der Waals surface area contributed by atoms with E-state index in [0.717, 1.165) is 6.07 Å². The summed E-state index contributed by atoms with van der Waals surface area (Å²) in [5.41, 5.74) is 0.813. The van der Waals surface area contributed by atoms with Gasteiger partial charge in [0.25, 0.3) is 0 Å². The molecule has 2 aliphatic heterocycles. The summed E-state index contributed by atoms with van der Waals surface area (Å²) in [5.74, 6) is -3.04. The quantitative estimate of drug-likeness (QED) is 0.236. The number of hydrogen-bond acceptors (Lipinski definition) is 11. The number of rotatable bonds is 3. The van der Waals surface area contributed by atoms with Gasteiger partial charge >= 0.3 is 0 Å². The number of ether oxygens (including phenoxy) is 3. The average Bonchev–Trinajstić information content (AvgIpc) is 2.82. The Kier molecular flexibility index (Phi) is 5.63. The van der Waals surface area contributed by atoms with Gasteiger partial charge in [-0.25, -0.2) is 0 Å². The van der Waals surface area contributed by atoms with E-state index in [4.69, 9.17) is 14.2 Å². The number of fused-ring (bicyclic) bond motifs is 4. The molecule has 2 fully saturated rings. The number of Topliss-reactive ketones (excluding diaryl/α,β-unsaturated/α-hetero) is 1. The minimum atomic E-state index is -1.43. The maximum Gasteiger partial charge on any atom is 0.187 e. The molecule has 2 aromatic rings. The highest BCUT2D eigenvalue weighted by Crippen LogP contribution is 2.50. The number of phenols is 4. The molecule has 0 aromatic heterocycles. The van der Waals surface area contributed by atoms with Crippen LogP contribution in [0.2, 0.25) is 0 Å². The number of carbonyl (C=O) groups excluding carboxylic acids is 1. The Bertz CT molecular complexity index is 1120. The first-order valence-electron chi connectivity index (χ1n) is 10.7. The molecule has 1 aliphatic carbocycles. The largest absolute Gasteiger partial charge is 0.504 e. The molecule has 7 N–H and O–H groups in total. The molecule has 0 unspecified atom stereocenters. The molecule has 11 heteroatoms. The van der Waals surface area contributed by atoms with E-state index in [0.29, 0.717) is 11.1 Å². The van der Waals surface area contributed by atoms with E-state index in [-0.39, 0.29) is 17.7 Å². The minimum Gasteiger partial charge on any atom is -0.504 e. The van der Waals surface area contributed by atoms with Crippen LogP contribution in [0.3, 0.4) is 0 Å². The number of carbonyl (C=O) groups is 1. The van der Waals surface area contributed by atoms with Gasteiger partial charge in [0.05, 0.1) is 18.6 Å². The molecule has 0 saturated carbocycles. The first-order chi connectivity index (χ1) is 16.2. The van der Waals surface area contributed by atoms with Crippen LogP contribution >= 0.6 is 0 Å². The van der Waals surface area contributed by atoms with E-state index in [1.807, 2.05) is 0 Å². The van der Waals surface area contributed by atoms with Gasteiger partial charge in [-0.2, -0.15) is 0 Å². The van der Waals surface area contributed by atoms with Crippen molar-refractivity contribution < 1.29 is 54.8 Å². The van der Waals surface area contributed by atoms with Crippen molar-refractivity contribution in [1.29, 1.82) is 0 Å². The summed E-state index contributed by atoms with van der Waals surface area (Å²) in [5, 5.41) is 69.8. The Morgan fingerprint density at radius 2 is 1.53 bits per heavy atom. The molecule has 0 radical (unpaired) electrons. The summed E-state index contributed by atoms with van der Waals surface area (Å²) in [6.45, 7) is -0.555. The third-order valence-corrected chi connectivity index (χ3v) is 6.68. The Morgan fingerprint density at radius 1 is 0.853 bits per heavy atom. The molecule has 34 heavy (non-hydrogen) atoms. The Hall–Kier alpha value is -2.93. The van der Waals surface area contributed by atoms with Crippen LogP contribution in [0, 0.1) is 0 Å². The number of aliphatic hydroxyl groups is 3. The molecule has 0 amide bonds. The predicted molar refractivity (Wildman–Crippen MR) is 111 cm³/mol. The van der Waals surface area contributed by atoms with Crippen LogP contribution in [0.4, 0.5) is 0 Å². The maximum atomic E-state index is 13.4. The van der Waals surface area contributed by atoms with E-state index < -0.39 is 78.5 Å². The highest BCUT2D eigenvalue weighted by Gasteiger charge is 2.54. The number of phenolic OH excluding ortho intramolecular Hbond substituents is 4. The van der Waals surface area contributed by atoms with Crippen LogP contribution in [0.1, 0.15) is 39.9 Å². The van der Waals surface area contributed by atoms with Gasteiger partial charge in [-0.1, -0.05) is 0 Å². The molecule has 0 bridgehead atoms. The fourth-order valence-corrected chi connectivity index (χ4v) is 4.91. The second kappa shape index (κ2) is 8.38. The molecule has 2 aromatic carbocycles. The summed E-state index contributed by atoms with van der Waals surface area (Å²) in [7, 11) is 0. The number of ketones is 1. The third kappa shape index (κ3) is 3.57. The van der Waals surface area contributed by atoms with E-state index in [2.05, 4.69) is 0 Å². The highest BCUT2D eigenvalue weighted by molar-refractivity contribution is 6.02. The number of aromatic hydroxyl groups is 4. The Morgan fingerprint density at radius 3 is 2.21 bits per heavy atom. The van der Waals surface area contributed by atoms with E-state index >= 15 is 0 Å². The van der Waals surface area contributed by atoms with E-state index in [9.17, 15) is 40.5 Å². The average molecular weight is 476 g/mol. The van der Waals surface area contributed by atoms with Gasteiger partial charge < -0.3 is 50.0 Å². The van der Waals surface area contributed by atoms with Crippen LogP contribution in [0.15, 0.2) is 30.3 Å². The maximum absolute atomic E-state index is 13.4. The zero-order valence-electron chi connectivity index (χ0n) is 17.7. The molecule has 11 nitrogen and oxygen atoms in total. The fraction of sp³-hybridized carbons (Fsp3) is 0.435. The highest BCUT2D eigenvalue weighted by atomic mass is 16.7. The molecule has 8 atom stereocenters. The van der Waals surface area contributed by atoms with Crippen molar-refractivity contribution >= 4 is 5.78 Å². The predicted octanol–water partition coefficient (Wildman–Crippen LogP) is 0.143. The van der Waals surface area contributed by atoms with Crippen molar-refractivity contribution in [3.63, 3.8) is 0 Å². The van der Waals surface area contributed by atoms with Crippen molar-refractivity contribution in [3.8, 4) is 23.0 Å². The summed E-state index contributed by atoms with van der Waals surface area (Å²) < 4.78 is 17.6. The van der Waals surface area contributed by atoms with Gasteiger partial charge in [0.15, 0.2) is 35.1 Å². The second-order valence-corrected chi connectivity index (χ2v) is 8.73. The normalized spacial score (nSPS) is 34.6. The molecule has 0 spiro atoms. The van der Waals surface area contributed by atoms with Gasteiger partial charge in [0.2, 0.25) is 0 Å². The smallest absolute Gasteiger partial charge is 0.187 e.